The molecule has 7 heteroatoms. The maximum atomic E-state index is 11.8. The fraction of sp³-hybridized carbons (Fsp3) is 0.0769. The van der Waals surface area contributed by atoms with Gasteiger partial charge in [0.15, 0.2) is 0 Å². The molecular weight excluding hydrogens is 280 g/mol. The average Bonchev–Trinajstić information content (AvgIpc) is 2.47. The van der Waals surface area contributed by atoms with Gasteiger partial charge >= 0.3 is 6.09 Å². The van der Waals surface area contributed by atoms with Crippen molar-refractivity contribution in [2.45, 2.75) is 11.5 Å². The van der Waals surface area contributed by atoms with Gasteiger partial charge in [-0.25, -0.2) is 17.9 Å². The topological polar surface area (TPSA) is 85.4 Å². The van der Waals surface area contributed by atoms with Gasteiger partial charge in [-0.2, -0.15) is 0 Å². The van der Waals surface area contributed by atoms with Crippen LogP contribution in [-0.4, -0.2) is 19.5 Å². The average molecular weight is 292 g/mol. The van der Waals surface area contributed by atoms with Gasteiger partial charge in [-0.3, -0.25) is 4.98 Å². The number of pyridine rings is 1. The van der Waals surface area contributed by atoms with Crippen LogP contribution >= 0.6 is 0 Å². The Kier molecular flexibility index (Phi) is 4.31. The van der Waals surface area contributed by atoms with Crippen molar-refractivity contribution in [3.8, 4) is 0 Å². The molecule has 0 unspecified atom stereocenters. The lowest BCUT2D eigenvalue weighted by atomic mass is 10.3. The van der Waals surface area contributed by atoms with E-state index in [0.29, 0.717) is 5.56 Å². The number of hydrogen-bond donors (Lipinski definition) is 1. The summed E-state index contributed by atoms with van der Waals surface area (Å²) in [7, 11) is -3.90. The molecule has 0 saturated heterocycles. The monoisotopic (exact) mass is 292 g/mol. The van der Waals surface area contributed by atoms with E-state index < -0.39 is 16.1 Å². The van der Waals surface area contributed by atoms with E-state index >= 15 is 0 Å². The van der Waals surface area contributed by atoms with Gasteiger partial charge in [-0.1, -0.05) is 18.2 Å². The van der Waals surface area contributed by atoms with E-state index in [2.05, 4.69) is 4.98 Å². The predicted molar refractivity (Wildman–Crippen MR) is 71.2 cm³/mol. The van der Waals surface area contributed by atoms with Crippen LogP contribution in [0.1, 0.15) is 5.56 Å². The lowest BCUT2D eigenvalue weighted by Crippen LogP contribution is -2.31. The van der Waals surface area contributed by atoms with E-state index in [1.807, 2.05) is 4.72 Å². The minimum Gasteiger partial charge on any atom is -0.444 e. The molecule has 0 spiro atoms. The van der Waals surface area contributed by atoms with Gasteiger partial charge in [0, 0.05) is 12.4 Å². The van der Waals surface area contributed by atoms with E-state index in [4.69, 9.17) is 4.74 Å². The second-order valence-corrected chi connectivity index (χ2v) is 5.53. The highest BCUT2D eigenvalue weighted by atomic mass is 32.2. The van der Waals surface area contributed by atoms with Crippen LogP contribution in [0.2, 0.25) is 0 Å². The summed E-state index contributed by atoms with van der Waals surface area (Å²) >= 11 is 0. The van der Waals surface area contributed by atoms with E-state index in [9.17, 15) is 13.2 Å². The second-order valence-electron chi connectivity index (χ2n) is 3.85. The van der Waals surface area contributed by atoms with Crippen LogP contribution in [0.3, 0.4) is 0 Å². The number of sulfonamides is 1. The number of carbonyl (C=O) groups excluding carboxylic acids is 1. The van der Waals surface area contributed by atoms with Crippen molar-refractivity contribution in [2.75, 3.05) is 0 Å². The minimum atomic E-state index is -3.90. The molecule has 1 N–H and O–H groups in total. The van der Waals surface area contributed by atoms with Crippen LogP contribution < -0.4 is 4.72 Å². The van der Waals surface area contributed by atoms with Crippen LogP contribution in [0, 0.1) is 0 Å². The third kappa shape index (κ3) is 3.79. The summed E-state index contributed by atoms with van der Waals surface area (Å²) < 4.78 is 30.3. The molecule has 1 amide bonds. The number of amides is 1. The lowest BCUT2D eigenvalue weighted by molar-refractivity contribution is 0.146. The van der Waals surface area contributed by atoms with Crippen molar-refractivity contribution in [3.05, 3.63) is 60.4 Å². The molecule has 0 aliphatic heterocycles. The van der Waals surface area contributed by atoms with Crippen LogP contribution in [0.25, 0.3) is 0 Å². The van der Waals surface area contributed by atoms with Crippen LogP contribution in [0.5, 0.6) is 0 Å². The Bertz CT molecular complexity index is 672. The first-order valence-electron chi connectivity index (χ1n) is 5.71. The molecule has 0 saturated carbocycles. The van der Waals surface area contributed by atoms with Crippen molar-refractivity contribution >= 4 is 16.1 Å². The Morgan fingerprint density at radius 3 is 2.40 bits per heavy atom. The molecule has 104 valence electrons. The zero-order valence-corrected chi connectivity index (χ0v) is 11.2. The van der Waals surface area contributed by atoms with Gasteiger partial charge in [-0.15, -0.1) is 0 Å². The maximum absolute atomic E-state index is 11.8. The Morgan fingerprint density at radius 2 is 1.75 bits per heavy atom. The van der Waals surface area contributed by atoms with Gasteiger partial charge in [-0.05, 0) is 29.8 Å². The fourth-order valence-electron chi connectivity index (χ4n) is 1.43. The summed E-state index contributed by atoms with van der Waals surface area (Å²) in [6.07, 6.45) is 2.08. The first-order chi connectivity index (χ1) is 9.58. The second kappa shape index (κ2) is 6.16. The molecule has 0 fully saturated rings. The number of nitrogens with zero attached hydrogens (tertiary/aromatic N) is 1. The van der Waals surface area contributed by atoms with E-state index in [1.54, 1.807) is 42.7 Å². The molecule has 0 bridgehead atoms. The molecule has 2 rings (SSSR count). The standard InChI is InChI=1S/C13H12N2O4S/c16-13(19-10-11-6-8-14-9-7-11)15-20(17,18)12-4-2-1-3-5-12/h1-9H,10H2,(H,15,16). The number of hydrogen-bond acceptors (Lipinski definition) is 5. The highest BCUT2D eigenvalue weighted by molar-refractivity contribution is 7.90. The van der Waals surface area contributed by atoms with E-state index in [-0.39, 0.29) is 11.5 Å². The van der Waals surface area contributed by atoms with Gasteiger partial charge in [0.1, 0.15) is 6.61 Å². The molecule has 0 aliphatic rings. The van der Waals surface area contributed by atoms with E-state index in [1.165, 1.54) is 12.1 Å². The van der Waals surface area contributed by atoms with Crippen LogP contribution in [0.4, 0.5) is 4.79 Å². The Hall–Kier alpha value is -2.41. The third-order valence-electron chi connectivity index (χ3n) is 2.39. The smallest absolute Gasteiger partial charge is 0.421 e. The molecular formula is C13H12N2O4S. The first-order valence-corrected chi connectivity index (χ1v) is 7.20. The maximum Gasteiger partial charge on any atom is 0.421 e. The summed E-state index contributed by atoms with van der Waals surface area (Å²) in [5.41, 5.74) is 0.715. The van der Waals surface area contributed by atoms with Crippen molar-refractivity contribution < 1.29 is 17.9 Å². The largest absolute Gasteiger partial charge is 0.444 e. The van der Waals surface area contributed by atoms with Crippen molar-refractivity contribution in [2.24, 2.45) is 0 Å². The number of ether oxygens (including phenoxy) is 1. The zero-order chi connectivity index (χ0) is 14.4. The quantitative estimate of drug-likeness (QED) is 0.927. The SMILES string of the molecule is O=C(NS(=O)(=O)c1ccccc1)OCc1ccncc1. The lowest BCUT2D eigenvalue weighted by Gasteiger charge is -2.07. The highest BCUT2D eigenvalue weighted by Crippen LogP contribution is 2.07. The summed E-state index contributed by atoms with van der Waals surface area (Å²) in [4.78, 5) is 15.3. The number of benzene rings is 1. The summed E-state index contributed by atoms with van der Waals surface area (Å²) in [5, 5.41) is 0. The third-order valence-corrected chi connectivity index (χ3v) is 3.72. The summed E-state index contributed by atoms with van der Waals surface area (Å²) in [5.74, 6) is 0. The number of nitrogens with one attached hydrogen (secondary N) is 1. The predicted octanol–water partition coefficient (Wildman–Crippen LogP) is 1.70. The minimum absolute atomic E-state index is 0.000797. The molecule has 2 aromatic rings. The fourth-order valence-corrected chi connectivity index (χ4v) is 2.34. The molecule has 0 aliphatic carbocycles. The molecule has 1 aromatic carbocycles. The van der Waals surface area contributed by atoms with Gasteiger partial charge in [0.05, 0.1) is 4.90 Å². The van der Waals surface area contributed by atoms with Gasteiger partial charge < -0.3 is 4.74 Å². The highest BCUT2D eigenvalue weighted by Gasteiger charge is 2.17. The normalized spacial score (nSPS) is 10.8. The Labute approximate surface area is 116 Å². The molecule has 1 heterocycles. The molecule has 1 aromatic heterocycles. The van der Waals surface area contributed by atoms with Crippen LogP contribution in [0.15, 0.2) is 59.8 Å². The van der Waals surface area contributed by atoms with Crippen molar-refractivity contribution in [1.29, 1.82) is 0 Å². The summed E-state index contributed by atoms with van der Waals surface area (Å²) in [6, 6.07) is 10.9. The van der Waals surface area contributed by atoms with Gasteiger partial charge in [0.25, 0.3) is 10.0 Å². The van der Waals surface area contributed by atoms with Crippen LogP contribution in [-0.2, 0) is 21.4 Å². The summed E-state index contributed by atoms with van der Waals surface area (Å²) in [6.45, 7) is -0.0291. The van der Waals surface area contributed by atoms with Crippen molar-refractivity contribution in [1.82, 2.24) is 9.71 Å². The van der Waals surface area contributed by atoms with E-state index in [0.717, 1.165) is 0 Å². The molecule has 6 nitrogen and oxygen atoms in total. The molecule has 20 heavy (non-hydrogen) atoms. The number of rotatable bonds is 4. The molecule has 0 atom stereocenters. The van der Waals surface area contributed by atoms with Gasteiger partial charge in [0.2, 0.25) is 0 Å². The van der Waals surface area contributed by atoms with Crippen molar-refractivity contribution in [3.63, 3.8) is 0 Å². The molecule has 0 radical (unpaired) electrons. The Morgan fingerprint density at radius 1 is 1.10 bits per heavy atom. The zero-order valence-electron chi connectivity index (χ0n) is 10.4. The number of aromatic nitrogens is 1. The first kappa shape index (κ1) is 14.0. The number of carbonyl (C=O) groups is 1. The Balaban J connectivity index is 1.95.